The quantitative estimate of drug-likeness (QED) is 0.742. The Bertz CT molecular complexity index is 740. The Labute approximate surface area is 121 Å². The van der Waals surface area contributed by atoms with Gasteiger partial charge in [-0.25, -0.2) is 9.50 Å². The molecule has 0 unspecified atom stereocenters. The molecule has 2 aromatic heterocycles. The first-order valence-electron chi connectivity index (χ1n) is 7.15. The highest BCUT2D eigenvalue weighted by molar-refractivity contribution is 5.82. The number of carbonyl (C=O) groups is 1. The molecule has 7 heteroatoms. The van der Waals surface area contributed by atoms with Crippen molar-refractivity contribution in [3.05, 3.63) is 33.4 Å². The molecule has 3 heterocycles. The molecule has 1 amide bonds. The maximum absolute atomic E-state index is 12.1. The van der Waals surface area contributed by atoms with Crippen molar-refractivity contribution in [2.75, 3.05) is 6.54 Å². The molecule has 1 fully saturated rings. The van der Waals surface area contributed by atoms with E-state index in [1.807, 2.05) is 13.8 Å². The van der Waals surface area contributed by atoms with Gasteiger partial charge in [-0.1, -0.05) is 0 Å². The third-order valence-electron chi connectivity index (χ3n) is 4.02. The van der Waals surface area contributed by atoms with E-state index in [-0.39, 0.29) is 17.5 Å². The van der Waals surface area contributed by atoms with Gasteiger partial charge in [-0.05, 0) is 33.2 Å². The zero-order valence-corrected chi connectivity index (χ0v) is 12.2. The molecule has 1 aliphatic rings. The first-order valence-corrected chi connectivity index (χ1v) is 7.15. The number of hydrogen-bond acceptors (Lipinski definition) is 4. The topological polar surface area (TPSA) is 91.3 Å². The summed E-state index contributed by atoms with van der Waals surface area (Å²) in [6.45, 7) is 5.11. The van der Waals surface area contributed by atoms with Gasteiger partial charge in [-0.15, -0.1) is 0 Å². The summed E-state index contributed by atoms with van der Waals surface area (Å²) in [6, 6.07) is 1.37. The van der Waals surface area contributed by atoms with Crippen LogP contribution in [0.25, 0.3) is 5.65 Å². The van der Waals surface area contributed by atoms with E-state index in [9.17, 15) is 9.59 Å². The van der Waals surface area contributed by atoms with E-state index >= 15 is 0 Å². The van der Waals surface area contributed by atoms with Crippen molar-refractivity contribution < 1.29 is 4.79 Å². The van der Waals surface area contributed by atoms with Crippen molar-refractivity contribution >= 4 is 11.6 Å². The van der Waals surface area contributed by atoms with Crippen LogP contribution < -0.4 is 16.2 Å². The molecule has 0 radical (unpaired) electrons. The van der Waals surface area contributed by atoms with Crippen LogP contribution in [0.4, 0.5) is 0 Å². The van der Waals surface area contributed by atoms with Crippen LogP contribution in [0.2, 0.25) is 0 Å². The third-order valence-corrected chi connectivity index (χ3v) is 4.02. The summed E-state index contributed by atoms with van der Waals surface area (Å²) in [5.74, 6) is 0.0207. The number of carbonyl (C=O) groups excluding carboxylic acids is 1. The predicted molar refractivity (Wildman–Crippen MR) is 78.2 cm³/mol. The van der Waals surface area contributed by atoms with E-state index < -0.39 is 0 Å². The van der Waals surface area contributed by atoms with Crippen LogP contribution in [0.1, 0.15) is 29.8 Å². The number of H-pyrrole nitrogens is 1. The number of amides is 1. The highest BCUT2D eigenvalue weighted by Crippen LogP contribution is 2.13. The molecule has 0 spiro atoms. The summed E-state index contributed by atoms with van der Waals surface area (Å²) < 4.78 is 1.66. The molecule has 2 aromatic rings. The molecule has 3 rings (SSSR count). The minimum Gasteiger partial charge on any atom is -0.351 e. The minimum atomic E-state index is -0.179. The van der Waals surface area contributed by atoms with Gasteiger partial charge in [-0.2, -0.15) is 0 Å². The Kier molecular flexibility index (Phi) is 3.50. The smallest absolute Gasteiger partial charge is 0.266 e. The maximum atomic E-state index is 12.1. The van der Waals surface area contributed by atoms with Crippen molar-refractivity contribution in [2.45, 2.75) is 39.3 Å². The second kappa shape index (κ2) is 5.33. The normalized spacial score (nSPS) is 18.3. The van der Waals surface area contributed by atoms with Gasteiger partial charge in [0.1, 0.15) is 0 Å². The molecule has 0 aromatic carbocycles. The average Bonchev–Trinajstić information content (AvgIpc) is 3.07. The molecule has 3 N–H and O–H groups in total. The van der Waals surface area contributed by atoms with Gasteiger partial charge >= 0.3 is 0 Å². The number of aromatic nitrogens is 3. The van der Waals surface area contributed by atoms with Gasteiger partial charge in [0.05, 0.1) is 6.04 Å². The Morgan fingerprint density at radius 1 is 1.52 bits per heavy atom. The lowest BCUT2D eigenvalue weighted by Crippen LogP contribution is -2.40. The predicted octanol–water partition coefficient (Wildman–Crippen LogP) is 0.00764. The fourth-order valence-corrected chi connectivity index (χ4v) is 2.82. The van der Waals surface area contributed by atoms with Crippen molar-refractivity contribution in [3.63, 3.8) is 0 Å². The van der Waals surface area contributed by atoms with Gasteiger partial charge in [-0.3, -0.25) is 14.7 Å². The Morgan fingerprint density at radius 2 is 2.33 bits per heavy atom. The first-order chi connectivity index (χ1) is 10.1. The standard InChI is InChI=1S/C14H19N5O2/c1-8-10(7-16-14(21)11-4-3-5-15-11)9(2)19-12(17-8)6-13(20)18-19/h6,11,15H,3-5,7H2,1-2H3,(H,16,21)(H,18,20)/t11-/m0/s1. The van der Waals surface area contributed by atoms with Crippen molar-refractivity contribution in [2.24, 2.45) is 0 Å². The van der Waals surface area contributed by atoms with E-state index in [0.717, 1.165) is 36.3 Å². The van der Waals surface area contributed by atoms with Crippen LogP contribution in [0.3, 0.4) is 0 Å². The van der Waals surface area contributed by atoms with Crippen molar-refractivity contribution in [1.29, 1.82) is 0 Å². The zero-order chi connectivity index (χ0) is 15.0. The van der Waals surface area contributed by atoms with E-state index in [2.05, 4.69) is 20.7 Å². The Balaban J connectivity index is 1.83. The largest absolute Gasteiger partial charge is 0.351 e. The van der Waals surface area contributed by atoms with Gasteiger partial charge in [0.25, 0.3) is 5.56 Å². The van der Waals surface area contributed by atoms with Crippen LogP contribution in [-0.4, -0.2) is 33.1 Å². The van der Waals surface area contributed by atoms with E-state index in [1.54, 1.807) is 4.52 Å². The Hall–Kier alpha value is -2.15. The number of nitrogens with zero attached hydrogens (tertiary/aromatic N) is 2. The molecule has 7 nitrogen and oxygen atoms in total. The molecular weight excluding hydrogens is 270 g/mol. The number of rotatable bonds is 3. The summed E-state index contributed by atoms with van der Waals surface area (Å²) >= 11 is 0. The molecular formula is C14H19N5O2. The summed E-state index contributed by atoms with van der Waals surface area (Å²) in [5.41, 5.74) is 3.06. The molecule has 0 aliphatic carbocycles. The van der Waals surface area contributed by atoms with E-state index in [1.165, 1.54) is 6.07 Å². The maximum Gasteiger partial charge on any atom is 0.266 e. The molecule has 21 heavy (non-hydrogen) atoms. The second-order valence-electron chi connectivity index (χ2n) is 5.44. The Morgan fingerprint density at radius 3 is 3.05 bits per heavy atom. The number of hydrogen-bond donors (Lipinski definition) is 3. The highest BCUT2D eigenvalue weighted by Gasteiger charge is 2.22. The number of nitrogens with one attached hydrogen (secondary N) is 3. The van der Waals surface area contributed by atoms with Gasteiger partial charge in [0.15, 0.2) is 5.65 Å². The number of aryl methyl sites for hydroxylation is 2. The first kappa shape index (κ1) is 13.8. The van der Waals surface area contributed by atoms with Crippen LogP contribution in [-0.2, 0) is 11.3 Å². The lowest BCUT2D eigenvalue weighted by atomic mass is 10.1. The van der Waals surface area contributed by atoms with Gasteiger partial charge in [0.2, 0.25) is 5.91 Å². The van der Waals surface area contributed by atoms with E-state index in [4.69, 9.17) is 0 Å². The van der Waals surface area contributed by atoms with Crippen molar-refractivity contribution in [1.82, 2.24) is 25.2 Å². The molecule has 1 saturated heterocycles. The molecule has 0 saturated carbocycles. The van der Waals surface area contributed by atoms with Crippen LogP contribution in [0.15, 0.2) is 10.9 Å². The molecule has 0 bridgehead atoms. The second-order valence-corrected chi connectivity index (χ2v) is 5.44. The lowest BCUT2D eigenvalue weighted by Gasteiger charge is -2.14. The SMILES string of the molecule is Cc1nc2cc(=O)[nH]n2c(C)c1CNC(=O)[C@@H]1CCCN1. The fraction of sp³-hybridized carbons (Fsp3) is 0.500. The fourth-order valence-electron chi connectivity index (χ4n) is 2.82. The number of aromatic amines is 1. The summed E-state index contributed by atoms with van der Waals surface area (Å²) in [4.78, 5) is 27.9. The monoisotopic (exact) mass is 289 g/mol. The summed E-state index contributed by atoms with van der Waals surface area (Å²) in [7, 11) is 0. The van der Waals surface area contributed by atoms with Gasteiger partial charge in [0, 0.05) is 29.6 Å². The highest BCUT2D eigenvalue weighted by atomic mass is 16.2. The third kappa shape index (κ3) is 2.56. The number of fused-ring (bicyclic) bond motifs is 1. The van der Waals surface area contributed by atoms with Crippen molar-refractivity contribution in [3.8, 4) is 0 Å². The zero-order valence-electron chi connectivity index (χ0n) is 12.2. The average molecular weight is 289 g/mol. The molecule has 112 valence electrons. The van der Waals surface area contributed by atoms with Gasteiger partial charge < -0.3 is 10.6 Å². The summed E-state index contributed by atoms with van der Waals surface area (Å²) in [5, 5.41) is 8.83. The molecule has 1 aliphatic heterocycles. The summed E-state index contributed by atoms with van der Waals surface area (Å²) in [6.07, 6.45) is 1.92. The van der Waals surface area contributed by atoms with Crippen LogP contribution >= 0.6 is 0 Å². The van der Waals surface area contributed by atoms with Crippen LogP contribution in [0, 0.1) is 13.8 Å². The molecule has 1 atom stereocenters. The minimum absolute atomic E-state index is 0.0207. The van der Waals surface area contributed by atoms with Crippen LogP contribution in [0.5, 0.6) is 0 Å². The van der Waals surface area contributed by atoms with E-state index in [0.29, 0.717) is 12.2 Å². The lowest BCUT2D eigenvalue weighted by molar-refractivity contribution is -0.122.